The van der Waals surface area contributed by atoms with Gasteiger partial charge in [-0.1, -0.05) is 66.7 Å². The summed E-state index contributed by atoms with van der Waals surface area (Å²) in [5, 5.41) is 23.5. The lowest BCUT2D eigenvalue weighted by atomic mass is 9.79. The van der Waals surface area contributed by atoms with E-state index in [-0.39, 0.29) is 0 Å². The minimum absolute atomic E-state index is 0.515. The zero-order chi connectivity index (χ0) is 18.4. The highest BCUT2D eigenvalue weighted by atomic mass is 16.4. The molecule has 0 spiro atoms. The van der Waals surface area contributed by atoms with Gasteiger partial charge in [-0.05, 0) is 74.2 Å². The molecule has 0 bridgehead atoms. The number of rotatable bonds is 2. The van der Waals surface area contributed by atoms with E-state index in [1.165, 1.54) is 33.0 Å². The lowest BCUT2D eigenvalue weighted by Crippen LogP contribution is -2.29. The van der Waals surface area contributed by atoms with Gasteiger partial charge in [0.15, 0.2) is 0 Å². The molecule has 0 aliphatic heterocycles. The fraction of sp³-hybridized carbons (Fsp3) is 0.0833. The van der Waals surface area contributed by atoms with Gasteiger partial charge in [-0.3, -0.25) is 0 Å². The van der Waals surface area contributed by atoms with Crippen molar-refractivity contribution in [2.45, 2.75) is 12.8 Å². The van der Waals surface area contributed by atoms with Crippen LogP contribution in [0, 0.1) is 0 Å². The number of hydrogen-bond acceptors (Lipinski definition) is 2. The average Bonchev–Trinajstić information content (AvgIpc) is 2.72. The third kappa shape index (κ3) is 2.76. The second kappa shape index (κ2) is 6.38. The number of benzene rings is 4. The van der Waals surface area contributed by atoms with Gasteiger partial charge in [0.2, 0.25) is 0 Å². The highest BCUT2D eigenvalue weighted by Crippen LogP contribution is 2.36. The third-order valence-corrected chi connectivity index (χ3v) is 5.51. The second-order valence-electron chi connectivity index (χ2n) is 7.18. The van der Waals surface area contributed by atoms with Gasteiger partial charge in [0.25, 0.3) is 0 Å². The minimum Gasteiger partial charge on any atom is -0.423 e. The Balaban J connectivity index is 1.74. The highest BCUT2D eigenvalue weighted by Gasteiger charge is 2.15. The summed E-state index contributed by atoms with van der Waals surface area (Å²) < 4.78 is 0. The largest absolute Gasteiger partial charge is 0.488 e. The molecule has 0 saturated carbocycles. The summed E-state index contributed by atoms with van der Waals surface area (Å²) in [5.41, 5.74) is 5.72. The maximum absolute atomic E-state index is 9.40. The molecule has 4 aromatic carbocycles. The molecule has 1 aliphatic rings. The zero-order valence-electron chi connectivity index (χ0n) is 14.9. The molecule has 2 N–H and O–H groups in total. The van der Waals surface area contributed by atoms with Crippen molar-refractivity contribution in [3.63, 3.8) is 0 Å². The van der Waals surface area contributed by atoms with E-state index in [0.717, 1.165) is 23.6 Å². The molecule has 130 valence electrons. The Labute approximate surface area is 158 Å². The van der Waals surface area contributed by atoms with Crippen molar-refractivity contribution in [2.24, 2.45) is 0 Å². The Morgan fingerprint density at radius 1 is 0.778 bits per heavy atom. The van der Waals surface area contributed by atoms with Crippen LogP contribution >= 0.6 is 0 Å². The van der Waals surface area contributed by atoms with Gasteiger partial charge in [0.05, 0.1) is 0 Å². The van der Waals surface area contributed by atoms with Gasteiger partial charge in [0, 0.05) is 0 Å². The van der Waals surface area contributed by atoms with Crippen molar-refractivity contribution in [3.8, 4) is 11.1 Å². The SMILES string of the molecule is OB(O)c1ccc2cc(-c3cc4c(c5ccccc35)C=CCC4)ccc2c1. The van der Waals surface area contributed by atoms with Crippen LogP contribution in [0.15, 0.2) is 72.8 Å². The molecule has 0 saturated heterocycles. The van der Waals surface area contributed by atoms with E-state index in [2.05, 4.69) is 60.7 Å². The summed E-state index contributed by atoms with van der Waals surface area (Å²) in [5.74, 6) is 0. The van der Waals surface area contributed by atoms with Crippen LogP contribution in [0.3, 0.4) is 0 Å². The van der Waals surface area contributed by atoms with Crippen molar-refractivity contribution in [3.05, 3.63) is 83.9 Å². The first-order valence-electron chi connectivity index (χ1n) is 9.32. The average molecular weight is 350 g/mol. The zero-order valence-corrected chi connectivity index (χ0v) is 14.9. The first-order chi connectivity index (χ1) is 13.2. The minimum atomic E-state index is -1.44. The van der Waals surface area contributed by atoms with Crippen LogP contribution in [0.2, 0.25) is 0 Å². The summed E-state index contributed by atoms with van der Waals surface area (Å²) in [6, 6.07) is 22.9. The Kier molecular flexibility index (Phi) is 3.85. The van der Waals surface area contributed by atoms with Crippen molar-refractivity contribution in [2.75, 3.05) is 0 Å². The van der Waals surface area contributed by atoms with Crippen molar-refractivity contribution >= 4 is 40.2 Å². The molecule has 0 aromatic heterocycles. The van der Waals surface area contributed by atoms with Crippen LogP contribution < -0.4 is 5.46 Å². The molecular formula is C24H19BO2. The predicted molar refractivity (Wildman–Crippen MR) is 114 cm³/mol. The summed E-state index contributed by atoms with van der Waals surface area (Å²) in [4.78, 5) is 0. The molecule has 5 rings (SSSR count). The molecule has 0 atom stereocenters. The van der Waals surface area contributed by atoms with Crippen LogP contribution in [-0.2, 0) is 6.42 Å². The molecule has 4 aromatic rings. The maximum Gasteiger partial charge on any atom is 0.488 e. The number of aryl methyl sites for hydroxylation is 1. The molecule has 0 unspecified atom stereocenters. The Morgan fingerprint density at radius 3 is 2.41 bits per heavy atom. The Morgan fingerprint density at radius 2 is 1.56 bits per heavy atom. The monoisotopic (exact) mass is 350 g/mol. The standard InChI is InChI=1S/C24H19BO2/c26-25(27)20-12-11-16-13-19(10-9-17(16)14-20)24-15-18-5-1-2-6-21(18)22-7-3-4-8-23(22)24/h2-4,6-15,26-27H,1,5H2. The molecule has 0 amide bonds. The summed E-state index contributed by atoms with van der Waals surface area (Å²) in [6.45, 7) is 0. The van der Waals surface area contributed by atoms with E-state index in [1.54, 1.807) is 6.07 Å². The van der Waals surface area contributed by atoms with Gasteiger partial charge in [-0.2, -0.15) is 0 Å². The normalized spacial score (nSPS) is 13.1. The van der Waals surface area contributed by atoms with Crippen LogP contribution in [0.1, 0.15) is 17.5 Å². The van der Waals surface area contributed by atoms with E-state index in [1.807, 2.05) is 12.1 Å². The predicted octanol–water partition coefficient (Wildman–Crippen LogP) is 4.30. The first kappa shape index (κ1) is 16.3. The molecule has 27 heavy (non-hydrogen) atoms. The van der Waals surface area contributed by atoms with Crippen LogP contribution in [0.4, 0.5) is 0 Å². The van der Waals surface area contributed by atoms with Gasteiger partial charge < -0.3 is 10.0 Å². The first-order valence-corrected chi connectivity index (χ1v) is 9.32. The van der Waals surface area contributed by atoms with Crippen molar-refractivity contribution < 1.29 is 10.0 Å². The van der Waals surface area contributed by atoms with Crippen molar-refractivity contribution in [1.29, 1.82) is 0 Å². The third-order valence-electron chi connectivity index (χ3n) is 5.51. The van der Waals surface area contributed by atoms with E-state index >= 15 is 0 Å². The van der Waals surface area contributed by atoms with E-state index in [4.69, 9.17) is 0 Å². The smallest absolute Gasteiger partial charge is 0.423 e. The van der Waals surface area contributed by atoms with Gasteiger partial charge >= 0.3 is 7.12 Å². The summed E-state index contributed by atoms with van der Waals surface area (Å²) in [7, 11) is -1.44. The molecule has 0 heterocycles. The van der Waals surface area contributed by atoms with Gasteiger partial charge in [-0.15, -0.1) is 0 Å². The quantitative estimate of drug-likeness (QED) is 0.529. The van der Waals surface area contributed by atoms with E-state index in [0.29, 0.717) is 5.46 Å². The number of hydrogen-bond donors (Lipinski definition) is 2. The van der Waals surface area contributed by atoms with Crippen LogP contribution in [-0.4, -0.2) is 17.2 Å². The maximum atomic E-state index is 9.40. The molecule has 0 radical (unpaired) electrons. The molecular weight excluding hydrogens is 331 g/mol. The summed E-state index contributed by atoms with van der Waals surface area (Å²) in [6.07, 6.45) is 6.69. The fourth-order valence-corrected chi connectivity index (χ4v) is 4.13. The Hall–Kier alpha value is -2.88. The topological polar surface area (TPSA) is 40.5 Å². The number of allylic oxidation sites excluding steroid dienone is 1. The highest BCUT2D eigenvalue weighted by molar-refractivity contribution is 6.58. The van der Waals surface area contributed by atoms with Crippen LogP contribution in [0.5, 0.6) is 0 Å². The lowest BCUT2D eigenvalue weighted by molar-refractivity contribution is 0.426. The van der Waals surface area contributed by atoms with E-state index in [9.17, 15) is 10.0 Å². The van der Waals surface area contributed by atoms with Crippen LogP contribution in [0.25, 0.3) is 38.7 Å². The second-order valence-corrected chi connectivity index (χ2v) is 7.18. The fourth-order valence-electron chi connectivity index (χ4n) is 4.13. The Bertz CT molecular complexity index is 1210. The lowest BCUT2D eigenvalue weighted by Gasteiger charge is -2.17. The molecule has 3 heteroatoms. The van der Waals surface area contributed by atoms with Gasteiger partial charge in [-0.25, -0.2) is 0 Å². The molecule has 2 nitrogen and oxygen atoms in total. The van der Waals surface area contributed by atoms with Gasteiger partial charge in [0.1, 0.15) is 0 Å². The number of fused-ring (bicyclic) bond motifs is 4. The molecule has 0 fully saturated rings. The summed E-state index contributed by atoms with van der Waals surface area (Å²) >= 11 is 0. The van der Waals surface area contributed by atoms with Crippen molar-refractivity contribution in [1.82, 2.24) is 0 Å². The molecule has 1 aliphatic carbocycles. The van der Waals surface area contributed by atoms with E-state index < -0.39 is 7.12 Å².